The Balaban J connectivity index is 0.789. The number of phenolic OH excluding ortho intramolecular Hbond substituents is 1. The van der Waals surface area contributed by atoms with Gasteiger partial charge in [-0.25, -0.2) is 4.39 Å². The minimum absolute atomic E-state index is 0.0414. The minimum atomic E-state index is -0.497. The molecule has 2 unspecified atom stereocenters. The zero-order chi connectivity index (χ0) is 47.3. The van der Waals surface area contributed by atoms with Crippen molar-refractivity contribution in [3.8, 4) is 35.4 Å². The van der Waals surface area contributed by atoms with E-state index in [-0.39, 0.29) is 28.5 Å². The molecule has 1 saturated carbocycles. The van der Waals surface area contributed by atoms with Crippen LogP contribution in [-0.2, 0) is 9.59 Å². The lowest BCUT2D eigenvalue weighted by molar-refractivity contribution is -0.134. The van der Waals surface area contributed by atoms with Gasteiger partial charge in [-0.1, -0.05) is 37.1 Å². The lowest BCUT2D eigenvalue weighted by Gasteiger charge is -2.42. The predicted octanol–water partition coefficient (Wildman–Crippen LogP) is 8.50. The number of hydrogen-bond acceptors (Lipinski definition) is 11. The van der Waals surface area contributed by atoms with E-state index in [0.29, 0.717) is 65.4 Å². The van der Waals surface area contributed by atoms with Crippen molar-refractivity contribution in [1.82, 2.24) is 30.1 Å². The Morgan fingerprint density at radius 2 is 1.79 bits per heavy atom. The molecule has 13 heteroatoms. The number of carbonyl (C=O) groups excluding carboxylic acids is 2. The molecule has 2 aromatic heterocycles. The monoisotopic (exact) mass is 918 g/mol. The van der Waals surface area contributed by atoms with Crippen molar-refractivity contribution < 1.29 is 23.8 Å². The van der Waals surface area contributed by atoms with E-state index in [1.54, 1.807) is 31.4 Å². The van der Waals surface area contributed by atoms with E-state index in [4.69, 9.17) is 26.1 Å². The summed E-state index contributed by atoms with van der Waals surface area (Å²) in [6.45, 7) is 14.0. The van der Waals surface area contributed by atoms with Crippen LogP contribution in [-0.4, -0.2) is 113 Å². The predicted molar refractivity (Wildman–Crippen MR) is 265 cm³/mol. The first-order valence-corrected chi connectivity index (χ1v) is 24.8. The molecular formula is C55H63FN8O4. The maximum Gasteiger partial charge on any atom is 0.318 e. The first-order valence-electron chi connectivity index (χ1n) is 24.8. The van der Waals surface area contributed by atoms with E-state index in [9.17, 15) is 14.7 Å². The summed E-state index contributed by atoms with van der Waals surface area (Å²) in [6, 6.07) is 13.8. The van der Waals surface area contributed by atoms with Gasteiger partial charge in [0.2, 0.25) is 11.8 Å². The maximum absolute atomic E-state index is 15.1. The number of benzene rings is 3. The van der Waals surface area contributed by atoms with Gasteiger partial charge in [-0.05, 0) is 150 Å². The highest BCUT2D eigenvalue weighted by molar-refractivity contribution is 6.17. The van der Waals surface area contributed by atoms with E-state index < -0.39 is 11.7 Å². The number of nitrogens with one attached hydrogen (secondary N) is 1. The van der Waals surface area contributed by atoms with Crippen LogP contribution in [0.15, 0.2) is 53.7 Å². The number of amides is 2. The topological polar surface area (TPSA) is 136 Å². The Hall–Kier alpha value is -5.97. The molecular weight excluding hydrogens is 856 g/mol. The molecule has 12 nitrogen and oxygen atoms in total. The number of aromatic hydroxyl groups is 1. The average molecular weight is 919 g/mol. The lowest BCUT2D eigenvalue weighted by Crippen LogP contribution is -2.48. The number of nitrogens with zero attached hydrogens (tertiary/aromatic N) is 7. The molecule has 68 heavy (non-hydrogen) atoms. The quantitative estimate of drug-likeness (QED) is 0.0755. The zero-order valence-corrected chi connectivity index (χ0v) is 39.9. The number of aliphatic imine (C=N–C) groups is 1. The molecule has 3 aromatic carbocycles. The molecule has 5 fully saturated rings. The molecule has 2 atom stereocenters. The second-order valence-electron chi connectivity index (χ2n) is 20.5. The molecule has 4 saturated heterocycles. The molecule has 5 aromatic rings. The SMILES string of the molecule is C#Cc1c(F)ccc2cc(O)cc(-c3ncc4c(N5CCCC(C)C5)nc(OCC5(CN6CCC(N7CCC(c8ccc(C(=NC)C9CCC(=O)NC9=O)c(C)c8)CC7)CC6)CC5)nc4c3C)c12. The number of ether oxygens (including phenoxy) is 1. The molecule has 354 valence electrons. The molecule has 2 N–H and O–H groups in total. The van der Waals surface area contributed by atoms with Gasteiger partial charge in [0.05, 0.1) is 40.4 Å². The Kier molecular flexibility index (Phi) is 12.7. The van der Waals surface area contributed by atoms with Crippen LogP contribution < -0.4 is 15.0 Å². The fourth-order valence-corrected chi connectivity index (χ4v) is 11.8. The third-order valence-corrected chi connectivity index (χ3v) is 15.8. The van der Waals surface area contributed by atoms with Gasteiger partial charge in [-0.3, -0.25) is 24.9 Å². The van der Waals surface area contributed by atoms with Crippen molar-refractivity contribution >= 4 is 45.0 Å². The minimum Gasteiger partial charge on any atom is -0.508 e. The van der Waals surface area contributed by atoms with Crippen molar-refractivity contribution in [3.63, 3.8) is 0 Å². The number of piperidine rings is 4. The Labute approximate surface area is 398 Å². The summed E-state index contributed by atoms with van der Waals surface area (Å²) in [5, 5.41) is 15.3. The highest BCUT2D eigenvalue weighted by atomic mass is 19.1. The summed E-state index contributed by atoms with van der Waals surface area (Å²) < 4.78 is 21.8. The Morgan fingerprint density at radius 1 is 1.00 bits per heavy atom. The van der Waals surface area contributed by atoms with Crippen LogP contribution in [0.5, 0.6) is 11.8 Å². The van der Waals surface area contributed by atoms with Crippen LogP contribution in [0.25, 0.3) is 32.9 Å². The maximum atomic E-state index is 15.1. The molecule has 2 amide bonds. The number of pyridine rings is 1. The molecule has 0 bridgehead atoms. The number of fused-ring (bicyclic) bond motifs is 2. The van der Waals surface area contributed by atoms with Crippen LogP contribution >= 0.6 is 0 Å². The van der Waals surface area contributed by atoms with Crippen LogP contribution in [0.2, 0.25) is 0 Å². The van der Waals surface area contributed by atoms with Crippen molar-refractivity contribution in [2.45, 2.75) is 96.9 Å². The first-order chi connectivity index (χ1) is 32.9. The fourth-order valence-electron chi connectivity index (χ4n) is 11.8. The summed E-state index contributed by atoms with van der Waals surface area (Å²) in [5.74, 6) is 3.07. The normalized spacial score (nSPS) is 22.1. The summed E-state index contributed by atoms with van der Waals surface area (Å²) in [6.07, 6.45) is 17.6. The van der Waals surface area contributed by atoms with Crippen molar-refractivity contribution in [3.05, 3.63) is 82.3 Å². The van der Waals surface area contributed by atoms with E-state index in [2.05, 4.69) is 63.0 Å². The van der Waals surface area contributed by atoms with E-state index in [1.807, 2.05) is 6.92 Å². The van der Waals surface area contributed by atoms with Gasteiger partial charge < -0.3 is 24.5 Å². The highest BCUT2D eigenvalue weighted by Crippen LogP contribution is 2.47. The summed E-state index contributed by atoms with van der Waals surface area (Å²) in [5.41, 5.74) is 7.07. The molecule has 6 heterocycles. The number of phenols is 1. The smallest absolute Gasteiger partial charge is 0.318 e. The van der Waals surface area contributed by atoms with Gasteiger partial charge >= 0.3 is 6.01 Å². The average Bonchev–Trinajstić information content (AvgIpc) is 4.11. The van der Waals surface area contributed by atoms with Crippen LogP contribution in [0.4, 0.5) is 10.2 Å². The Morgan fingerprint density at radius 3 is 2.50 bits per heavy atom. The summed E-state index contributed by atoms with van der Waals surface area (Å²) >= 11 is 0. The molecule has 4 aliphatic heterocycles. The molecule has 10 rings (SSSR count). The number of rotatable bonds is 11. The second-order valence-corrected chi connectivity index (χ2v) is 20.5. The second kappa shape index (κ2) is 18.8. The summed E-state index contributed by atoms with van der Waals surface area (Å²) in [4.78, 5) is 51.8. The number of carbonyl (C=O) groups is 2. The first kappa shape index (κ1) is 45.8. The third kappa shape index (κ3) is 9.05. The zero-order valence-electron chi connectivity index (χ0n) is 39.9. The van der Waals surface area contributed by atoms with Gasteiger partial charge in [0, 0.05) is 67.3 Å². The molecule has 1 aliphatic carbocycles. The summed E-state index contributed by atoms with van der Waals surface area (Å²) in [7, 11) is 1.74. The number of aryl methyl sites for hydroxylation is 2. The lowest BCUT2D eigenvalue weighted by atomic mass is 9.83. The number of anilines is 1. The van der Waals surface area contributed by atoms with E-state index in [1.165, 1.54) is 30.9 Å². The van der Waals surface area contributed by atoms with Crippen LogP contribution in [0, 0.1) is 49.3 Å². The third-order valence-electron chi connectivity index (χ3n) is 15.8. The standard InChI is InChI=1S/C55H63FN8O4/c1-6-41-46(56)13-10-38-27-40(65)28-44(48(38)41)49-35(4)50-45(29-58-49)52(64-21-7-8-33(2)30-64)61-54(60-50)68-32-55(19-20-55)31-62-22-17-39(18-23-62)63-24-15-36(16-25-63)37-9-11-42(34(3)26-37)51(57-5)43-12-14-47(66)59-53(43)67/h1,9-11,13,26-29,33,36,39,43,65H,7-8,12,14-25,30-32H2,2-5H3,(H,59,66,67). The van der Waals surface area contributed by atoms with Gasteiger partial charge in [-0.2, -0.15) is 9.97 Å². The molecule has 0 radical (unpaired) electrons. The highest BCUT2D eigenvalue weighted by Gasteiger charge is 2.46. The van der Waals surface area contributed by atoms with Crippen molar-refractivity contribution in [2.75, 3.05) is 64.4 Å². The van der Waals surface area contributed by atoms with Crippen molar-refractivity contribution in [2.24, 2.45) is 22.2 Å². The van der Waals surface area contributed by atoms with Crippen LogP contribution in [0.1, 0.15) is 105 Å². The van der Waals surface area contributed by atoms with Crippen molar-refractivity contribution in [1.29, 1.82) is 0 Å². The number of hydrogen-bond donors (Lipinski definition) is 2. The van der Waals surface area contributed by atoms with E-state index >= 15 is 4.39 Å². The largest absolute Gasteiger partial charge is 0.508 e. The number of terminal acetylenes is 1. The number of imide groups is 1. The van der Waals surface area contributed by atoms with Gasteiger partial charge in [0.1, 0.15) is 17.4 Å². The number of likely N-dealkylation sites (tertiary alicyclic amines) is 2. The van der Waals surface area contributed by atoms with Crippen LogP contribution in [0.3, 0.4) is 0 Å². The van der Waals surface area contributed by atoms with E-state index in [0.717, 1.165) is 117 Å². The number of aromatic nitrogens is 3. The van der Waals surface area contributed by atoms with Gasteiger partial charge in [-0.15, -0.1) is 6.42 Å². The fraction of sp³-hybridized carbons (Fsp3) is 0.491. The van der Waals surface area contributed by atoms with Gasteiger partial charge in [0.25, 0.3) is 0 Å². The Bertz CT molecular complexity index is 2860. The molecule has 0 spiro atoms. The van der Waals surface area contributed by atoms with Gasteiger partial charge in [0.15, 0.2) is 0 Å². The molecule has 5 aliphatic rings. The number of halogens is 1.